The molecule has 3 aliphatic rings. The summed E-state index contributed by atoms with van der Waals surface area (Å²) in [6.45, 7) is 0. The fourth-order valence-corrected chi connectivity index (χ4v) is 7.02. The van der Waals surface area contributed by atoms with Gasteiger partial charge in [0.25, 0.3) is 0 Å². The summed E-state index contributed by atoms with van der Waals surface area (Å²) < 4.78 is 0. The van der Waals surface area contributed by atoms with E-state index in [0.29, 0.717) is 0 Å². The van der Waals surface area contributed by atoms with Crippen molar-refractivity contribution < 1.29 is 0 Å². The first-order chi connectivity index (χ1) is 13.4. The Hall–Kier alpha value is -0.180. The lowest BCUT2D eigenvalue weighted by molar-refractivity contribution is 0.340. The summed E-state index contributed by atoms with van der Waals surface area (Å²) in [4.78, 5) is 0.241. The molecule has 0 aromatic carbocycles. The third-order valence-electron chi connectivity index (χ3n) is 6.95. The van der Waals surface area contributed by atoms with Crippen molar-refractivity contribution in [3.8, 4) is 0 Å². The van der Waals surface area contributed by atoms with Gasteiger partial charge >= 0.3 is 0 Å². The first kappa shape index (κ1) is 21.5. The maximum atomic E-state index is 4.99. The third-order valence-corrected chi connectivity index (χ3v) is 8.71. The van der Waals surface area contributed by atoms with Crippen LogP contribution in [0.15, 0.2) is 5.10 Å². The van der Waals surface area contributed by atoms with Gasteiger partial charge in [0, 0.05) is 11.0 Å². The summed E-state index contributed by atoms with van der Waals surface area (Å²) in [6.07, 6.45) is 29.5. The molecule has 156 valence electrons. The average Bonchev–Trinajstić information content (AvgIpc) is 2.70. The minimum Gasteiger partial charge on any atom is -0.294 e. The topological polar surface area (TPSA) is 24.4 Å². The zero-order valence-corrected chi connectivity index (χ0v) is 18.6. The molecule has 0 saturated heterocycles. The summed E-state index contributed by atoms with van der Waals surface area (Å²) >= 11 is 2.31. The van der Waals surface area contributed by atoms with Crippen molar-refractivity contribution in [1.82, 2.24) is 5.43 Å². The molecule has 2 nitrogen and oxygen atoms in total. The number of hydrazone groups is 1. The van der Waals surface area contributed by atoms with Crippen LogP contribution in [-0.4, -0.2) is 15.8 Å². The minimum atomic E-state index is 0.241. The summed E-state index contributed by atoms with van der Waals surface area (Å²) in [5, 5.41) is 5.84. The van der Waals surface area contributed by atoms with Gasteiger partial charge in [-0.1, -0.05) is 83.5 Å². The molecule has 1 N–H and O–H groups in total. The van der Waals surface area contributed by atoms with Gasteiger partial charge in [0.2, 0.25) is 0 Å². The van der Waals surface area contributed by atoms with Crippen LogP contribution in [0.2, 0.25) is 0 Å². The van der Waals surface area contributed by atoms with Crippen molar-refractivity contribution in [2.75, 3.05) is 0 Å². The molecule has 3 heteroatoms. The van der Waals surface area contributed by atoms with E-state index in [4.69, 9.17) is 5.10 Å². The molecule has 0 bridgehead atoms. The highest BCUT2D eigenvalue weighted by atomic mass is 32.2. The van der Waals surface area contributed by atoms with Crippen LogP contribution in [0, 0.1) is 0 Å². The molecule has 0 aromatic heterocycles. The zero-order valence-electron chi connectivity index (χ0n) is 17.8. The summed E-state index contributed by atoms with van der Waals surface area (Å²) in [6, 6.07) is 0. The maximum absolute atomic E-state index is 4.99. The summed E-state index contributed by atoms with van der Waals surface area (Å²) in [7, 11) is 0. The second-order valence-electron chi connectivity index (χ2n) is 9.40. The predicted molar refractivity (Wildman–Crippen MR) is 122 cm³/mol. The van der Waals surface area contributed by atoms with Gasteiger partial charge in [0.15, 0.2) is 0 Å². The van der Waals surface area contributed by atoms with Crippen molar-refractivity contribution in [3.63, 3.8) is 0 Å². The molecular weight excluding hydrogens is 348 g/mol. The van der Waals surface area contributed by atoms with Crippen molar-refractivity contribution in [2.24, 2.45) is 5.10 Å². The molecule has 0 aromatic rings. The minimum absolute atomic E-state index is 0.241. The van der Waals surface area contributed by atoms with Gasteiger partial charge in [-0.3, -0.25) is 5.43 Å². The van der Waals surface area contributed by atoms with Crippen LogP contribution < -0.4 is 5.43 Å². The highest BCUT2D eigenvalue weighted by molar-refractivity contribution is 8.01. The Balaban J connectivity index is 1.58. The zero-order chi connectivity index (χ0) is 18.6. The number of hydrogen-bond acceptors (Lipinski definition) is 3. The van der Waals surface area contributed by atoms with Crippen LogP contribution in [-0.2, 0) is 0 Å². The van der Waals surface area contributed by atoms with Crippen LogP contribution in [0.4, 0.5) is 0 Å². The molecule has 0 radical (unpaired) electrons. The van der Waals surface area contributed by atoms with E-state index in [1.54, 1.807) is 0 Å². The number of rotatable bonds is 4. The number of nitrogens with zero attached hydrogens (tertiary/aromatic N) is 1. The van der Waals surface area contributed by atoms with E-state index in [1.165, 1.54) is 141 Å². The molecule has 0 heterocycles. The lowest BCUT2D eigenvalue weighted by Gasteiger charge is -2.39. The number of thioether (sulfide) groups is 1. The average molecular weight is 393 g/mol. The number of hydrogen-bond donors (Lipinski definition) is 1. The van der Waals surface area contributed by atoms with Crippen LogP contribution >= 0.6 is 11.8 Å². The van der Waals surface area contributed by atoms with Crippen LogP contribution in [0.25, 0.3) is 0 Å². The first-order valence-corrected chi connectivity index (χ1v) is 13.2. The Bertz CT molecular complexity index is 408. The Labute approximate surface area is 173 Å². The van der Waals surface area contributed by atoms with Crippen LogP contribution in [0.3, 0.4) is 0 Å². The molecular formula is C24H44N2S. The van der Waals surface area contributed by atoms with Gasteiger partial charge in [0.05, 0.1) is 0 Å². The fourth-order valence-electron chi connectivity index (χ4n) is 5.19. The molecule has 0 amide bonds. The molecule has 0 atom stereocenters. The van der Waals surface area contributed by atoms with Gasteiger partial charge in [-0.25, -0.2) is 0 Å². The molecule has 0 aliphatic heterocycles. The van der Waals surface area contributed by atoms with Gasteiger partial charge < -0.3 is 0 Å². The van der Waals surface area contributed by atoms with Crippen molar-refractivity contribution >= 4 is 17.5 Å². The first-order valence-electron chi connectivity index (χ1n) is 12.4. The smallest absolute Gasteiger partial charge is 0.100 e. The van der Waals surface area contributed by atoms with Gasteiger partial charge in [-0.15, -0.1) is 11.8 Å². The third kappa shape index (κ3) is 7.99. The SMILES string of the molecule is C1CCCCCC(SC2(NN=C3CCCCC3)CCCCC2)CCCCC1. The predicted octanol–water partition coefficient (Wildman–Crippen LogP) is 7.96. The monoisotopic (exact) mass is 392 g/mol. The van der Waals surface area contributed by atoms with Crippen molar-refractivity contribution in [3.05, 3.63) is 0 Å². The summed E-state index contributed by atoms with van der Waals surface area (Å²) in [5.74, 6) is 0. The molecule has 3 saturated carbocycles. The van der Waals surface area contributed by atoms with Crippen molar-refractivity contribution in [2.45, 2.75) is 145 Å². The standard InChI is InChI=1S/C24H44N2S/c1-2-4-6-12-18-23(19-13-7-5-3-1)27-24(20-14-9-15-21-24)26-25-22-16-10-8-11-17-22/h23,26H,1-21H2. The fraction of sp³-hybridized carbons (Fsp3) is 0.958. The van der Waals surface area contributed by atoms with E-state index < -0.39 is 0 Å². The molecule has 27 heavy (non-hydrogen) atoms. The largest absolute Gasteiger partial charge is 0.294 e. The normalized spacial score (nSPS) is 26.6. The second kappa shape index (κ2) is 12.4. The maximum Gasteiger partial charge on any atom is 0.100 e. The van der Waals surface area contributed by atoms with Gasteiger partial charge in [0.1, 0.15) is 4.87 Å². The second-order valence-corrected chi connectivity index (χ2v) is 11.1. The molecule has 0 unspecified atom stereocenters. The Morgan fingerprint density at radius 3 is 1.70 bits per heavy atom. The van der Waals surface area contributed by atoms with E-state index in [-0.39, 0.29) is 4.87 Å². The quantitative estimate of drug-likeness (QED) is 0.387. The van der Waals surface area contributed by atoms with Crippen molar-refractivity contribution in [1.29, 1.82) is 0 Å². The molecule has 3 rings (SSSR count). The van der Waals surface area contributed by atoms with Crippen LogP contribution in [0.5, 0.6) is 0 Å². The number of nitrogens with one attached hydrogen (secondary N) is 1. The van der Waals surface area contributed by atoms with Gasteiger partial charge in [-0.05, 0) is 51.4 Å². The lowest BCUT2D eigenvalue weighted by atomic mass is 9.95. The van der Waals surface area contributed by atoms with E-state index in [1.807, 2.05) is 0 Å². The van der Waals surface area contributed by atoms with E-state index in [0.717, 1.165) is 5.25 Å². The van der Waals surface area contributed by atoms with E-state index in [9.17, 15) is 0 Å². The Morgan fingerprint density at radius 2 is 1.11 bits per heavy atom. The Kier molecular flexibility index (Phi) is 9.88. The molecule has 3 fully saturated rings. The lowest BCUT2D eigenvalue weighted by Crippen LogP contribution is -2.43. The molecule has 3 aliphatic carbocycles. The van der Waals surface area contributed by atoms with E-state index >= 15 is 0 Å². The highest BCUT2D eigenvalue weighted by Crippen LogP contribution is 2.43. The van der Waals surface area contributed by atoms with Gasteiger partial charge in [-0.2, -0.15) is 5.10 Å². The highest BCUT2D eigenvalue weighted by Gasteiger charge is 2.35. The summed E-state index contributed by atoms with van der Waals surface area (Å²) in [5.41, 5.74) is 5.24. The Morgan fingerprint density at radius 1 is 0.630 bits per heavy atom. The molecule has 0 spiro atoms. The van der Waals surface area contributed by atoms with Crippen LogP contribution in [0.1, 0.15) is 135 Å². The van der Waals surface area contributed by atoms with E-state index in [2.05, 4.69) is 17.2 Å².